The lowest BCUT2D eigenvalue weighted by Gasteiger charge is -2.09. The summed E-state index contributed by atoms with van der Waals surface area (Å²) in [6.45, 7) is 0. The van der Waals surface area contributed by atoms with Gasteiger partial charge in [0.25, 0.3) is 0 Å². The average molecular weight is 202 g/mol. The van der Waals surface area contributed by atoms with Gasteiger partial charge in [0.1, 0.15) is 12.2 Å². The normalized spacial score (nSPS) is 12.7. The van der Waals surface area contributed by atoms with Crippen LogP contribution in [0.3, 0.4) is 0 Å². The predicted molar refractivity (Wildman–Crippen MR) is 54.9 cm³/mol. The van der Waals surface area contributed by atoms with Crippen LogP contribution in [0.15, 0.2) is 30.6 Å². The number of nitrogens with zero attached hydrogens (tertiary/aromatic N) is 3. The van der Waals surface area contributed by atoms with Crippen LogP contribution in [0.4, 0.5) is 0 Å². The second-order valence-corrected chi connectivity index (χ2v) is 3.40. The Morgan fingerprint density at radius 3 is 3.00 bits per heavy atom. The van der Waals surface area contributed by atoms with E-state index in [1.165, 1.54) is 0 Å². The van der Waals surface area contributed by atoms with Crippen molar-refractivity contribution in [2.75, 3.05) is 0 Å². The Bertz CT molecular complexity index is 424. The fourth-order valence-corrected chi connectivity index (χ4v) is 1.39. The summed E-state index contributed by atoms with van der Waals surface area (Å²) in [5, 5.41) is 17.6. The van der Waals surface area contributed by atoms with Gasteiger partial charge in [-0.3, -0.25) is 0 Å². The van der Waals surface area contributed by atoms with Gasteiger partial charge in [-0.15, -0.1) is 10.2 Å². The summed E-state index contributed by atoms with van der Waals surface area (Å²) in [6.07, 6.45) is 1.50. The molecule has 4 heteroatoms. The zero-order valence-electron chi connectivity index (χ0n) is 8.46. The molecule has 0 spiro atoms. The second-order valence-electron chi connectivity index (χ2n) is 3.40. The first-order chi connectivity index (χ1) is 7.27. The molecule has 1 radical (unpaired) electrons. The van der Waals surface area contributed by atoms with E-state index in [0.717, 1.165) is 11.4 Å². The molecule has 1 aromatic carbocycles. The van der Waals surface area contributed by atoms with E-state index in [0.29, 0.717) is 6.42 Å². The predicted octanol–water partition coefficient (Wildman–Crippen LogP) is 0.891. The smallest absolute Gasteiger partial charge is 0.135 e. The molecule has 1 atom stereocenters. The van der Waals surface area contributed by atoms with Crippen molar-refractivity contribution in [1.29, 1.82) is 0 Å². The van der Waals surface area contributed by atoms with Crippen molar-refractivity contribution < 1.29 is 5.11 Å². The minimum absolute atomic E-state index is 0.455. The van der Waals surface area contributed by atoms with Gasteiger partial charge < -0.3 is 9.67 Å². The molecule has 1 heterocycles. The van der Waals surface area contributed by atoms with E-state index in [1.54, 1.807) is 17.0 Å². The maximum Gasteiger partial charge on any atom is 0.135 e. The van der Waals surface area contributed by atoms with Gasteiger partial charge in [0.05, 0.1) is 6.10 Å². The van der Waals surface area contributed by atoms with Crippen molar-refractivity contribution in [3.05, 3.63) is 48.0 Å². The lowest BCUT2D eigenvalue weighted by Crippen LogP contribution is -2.06. The third-order valence-electron chi connectivity index (χ3n) is 2.27. The van der Waals surface area contributed by atoms with Crippen molar-refractivity contribution in [3.8, 4) is 0 Å². The van der Waals surface area contributed by atoms with E-state index in [4.69, 9.17) is 0 Å². The van der Waals surface area contributed by atoms with E-state index in [9.17, 15) is 5.11 Å². The maximum absolute atomic E-state index is 9.90. The topological polar surface area (TPSA) is 50.9 Å². The number of hydrogen-bond acceptors (Lipinski definition) is 3. The molecular formula is C11H12N3O. The largest absolute Gasteiger partial charge is 0.388 e. The van der Waals surface area contributed by atoms with Gasteiger partial charge in [0.2, 0.25) is 0 Å². The van der Waals surface area contributed by atoms with Crippen LogP contribution in [0.5, 0.6) is 0 Å². The minimum Gasteiger partial charge on any atom is -0.388 e. The summed E-state index contributed by atoms with van der Waals surface area (Å²) in [7, 11) is 1.86. The molecule has 2 aromatic rings. The van der Waals surface area contributed by atoms with Gasteiger partial charge in [-0.1, -0.05) is 24.3 Å². The standard InChI is InChI=1S/C11H12N3O/c1-14-8-12-13-11(14)7-10(15)9-5-3-2-4-6-9/h2-5,8,10,15H,7H2,1H3. The Hall–Kier alpha value is -1.68. The highest BCUT2D eigenvalue weighted by Crippen LogP contribution is 2.15. The van der Waals surface area contributed by atoms with Crippen molar-refractivity contribution in [2.45, 2.75) is 12.5 Å². The van der Waals surface area contributed by atoms with E-state index < -0.39 is 6.10 Å². The summed E-state index contributed by atoms with van der Waals surface area (Å²) in [5.74, 6) is 0.764. The molecule has 0 saturated carbocycles. The highest BCUT2D eigenvalue weighted by Gasteiger charge is 2.11. The Morgan fingerprint density at radius 1 is 1.53 bits per heavy atom. The molecule has 77 valence electrons. The lowest BCUT2D eigenvalue weighted by molar-refractivity contribution is 0.174. The second kappa shape index (κ2) is 4.23. The van der Waals surface area contributed by atoms with Crippen LogP contribution >= 0.6 is 0 Å². The molecule has 0 aliphatic rings. The van der Waals surface area contributed by atoms with Crippen LogP contribution in [-0.2, 0) is 13.5 Å². The van der Waals surface area contributed by atoms with Crippen LogP contribution in [-0.4, -0.2) is 19.9 Å². The number of aryl methyl sites for hydroxylation is 1. The first-order valence-electron chi connectivity index (χ1n) is 4.75. The third-order valence-corrected chi connectivity index (χ3v) is 2.27. The van der Waals surface area contributed by atoms with Gasteiger partial charge in [-0.05, 0) is 11.6 Å². The molecule has 1 N–H and O–H groups in total. The molecule has 1 aromatic heterocycles. The number of benzene rings is 1. The molecule has 0 amide bonds. The summed E-state index contributed by atoms with van der Waals surface area (Å²) in [6, 6.07) is 10.4. The van der Waals surface area contributed by atoms with Crippen molar-refractivity contribution in [3.63, 3.8) is 0 Å². The lowest BCUT2D eigenvalue weighted by atomic mass is 10.1. The first kappa shape index (κ1) is 9.86. The molecular weight excluding hydrogens is 190 g/mol. The molecule has 2 rings (SSSR count). The van der Waals surface area contributed by atoms with Gasteiger partial charge in [0.15, 0.2) is 0 Å². The Morgan fingerprint density at radius 2 is 2.40 bits per heavy atom. The van der Waals surface area contributed by atoms with E-state index >= 15 is 0 Å². The van der Waals surface area contributed by atoms with Crippen molar-refractivity contribution >= 4 is 0 Å². The summed E-state index contributed by atoms with van der Waals surface area (Å²) < 4.78 is 1.80. The van der Waals surface area contributed by atoms with E-state index in [1.807, 2.05) is 25.2 Å². The van der Waals surface area contributed by atoms with E-state index in [2.05, 4.69) is 16.3 Å². The van der Waals surface area contributed by atoms with Gasteiger partial charge >= 0.3 is 0 Å². The zero-order valence-corrected chi connectivity index (χ0v) is 8.46. The number of aliphatic hydroxyl groups is 1. The first-order valence-corrected chi connectivity index (χ1v) is 4.75. The van der Waals surface area contributed by atoms with Gasteiger partial charge in [0, 0.05) is 13.5 Å². The van der Waals surface area contributed by atoms with Crippen molar-refractivity contribution in [2.24, 2.45) is 7.05 Å². The molecule has 0 saturated heterocycles. The highest BCUT2D eigenvalue weighted by molar-refractivity contribution is 5.16. The molecule has 0 bridgehead atoms. The Balaban J connectivity index is 2.11. The summed E-state index contributed by atoms with van der Waals surface area (Å²) in [4.78, 5) is 0. The molecule has 4 nitrogen and oxygen atoms in total. The maximum atomic E-state index is 9.90. The number of hydrogen-bond donors (Lipinski definition) is 1. The zero-order chi connectivity index (χ0) is 10.7. The quantitative estimate of drug-likeness (QED) is 0.804. The van der Waals surface area contributed by atoms with Crippen LogP contribution in [0.25, 0.3) is 0 Å². The third kappa shape index (κ3) is 2.22. The molecule has 1 unspecified atom stereocenters. The van der Waals surface area contributed by atoms with E-state index in [-0.39, 0.29) is 0 Å². The number of aliphatic hydroxyl groups excluding tert-OH is 1. The monoisotopic (exact) mass is 202 g/mol. The Kier molecular flexibility index (Phi) is 2.78. The number of rotatable bonds is 3. The van der Waals surface area contributed by atoms with Gasteiger partial charge in [-0.25, -0.2) is 0 Å². The molecule has 15 heavy (non-hydrogen) atoms. The van der Waals surface area contributed by atoms with Crippen LogP contribution in [0.1, 0.15) is 17.5 Å². The Labute approximate surface area is 88.2 Å². The van der Waals surface area contributed by atoms with Crippen LogP contribution in [0.2, 0.25) is 0 Å². The fraction of sp³-hybridized carbons (Fsp3) is 0.273. The molecule has 0 aliphatic heterocycles. The highest BCUT2D eigenvalue weighted by atomic mass is 16.3. The summed E-state index contributed by atoms with van der Waals surface area (Å²) >= 11 is 0. The minimum atomic E-state index is -0.575. The van der Waals surface area contributed by atoms with Gasteiger partial charge in [-0.2, -0.15) is 0 Å². The average Bonchev–Trinajstić information content (AvgIpc) is 2.66. The fourth-order valence-electron chi connectivity index (χ4n) is 1.39. The SMILES string of the molecule is Cn1cnnc1CC(O)c1[c]cccc1. The van der Waals surface area contributed by atoms with Crippen molar-refractivity contribution in [1.82, 2.24) is 14.8 Å². The number of aromatic nitrogens is 3. The van der Waals surface area contributed by atoms with Crippen LogP contribution in [0, 0.1) is 6.07 Å². The molecule has 0 fully saturated rings. The molecule has 0 aliphatic carbocycles. The summed E-state index contributed by atoms with van der Waals surface area (Å²) in [5.41, 5.74) is 0.778. The van der Waals surface area contributed by atoms with Crippen LogP contribution < -0.4 is 0 Å².